The molecular formula is C7H13NO2. The Kier molecular flexibility index (Phi) is 3.12. The van der Waals surface area contributed by atoms with Gasteiger partial charge in [0.05, 0.1) is 12.7 Å². The number of rotatable bonds is 3. The summed E-state index contributed by atoms with van der Waals surface area (Å²) >= 11 is 0. The van der Waals surface area contributed by atoms with Crippen molar-refractivity contribution in [2.24, 2.45) is 0 Å². The smallest absolute Gasteiger partial charge is 0.0897 e. The van der Waals surface area contributed by atoms with Crippen molar-refractivity contribution in [1.29, 1.82) is 0 Å². The van der Waals surface area contributed by atoms with Crippen molar-refractivity contribution in [3.63, 3.8) is 0 Å². The Morgan fingerprint density at radius 1 is 1.40 bits per heavy atom. The van der Waals surface area contributed by atoms with Crippen LogP contribution < -0.4 is 0 Å². The second-order valence-electron chi connectivity index (χ2n) is 2.53. The van der Waals surface area contributed by atoms with E-state index in [-0.39, 0.29) is 6.61 Å². The molecule has 58 valence electrons. The Morgan fingerprint density at radius 2 is 2.00 bits per heavy atom. The van der Waals surface area contributed by atoms with Crippen LogP contribution in [0, 0.1) is 12.8 Å². The Bertz CT molecular complexity index is 91.6. The van der Waals surface area contributed by atoms with E-state index in [4.69, 9.17) is 10.2 Å². The molecule has 10 heavy (non-hydrogen) atoms. The van der Waals surface area contributed by atoms with E-state index in [1.54, 1.807) is 0 Å². The average Bonchev–Trinajstić information content (AvgIpc) is 2.40. The van der Waals surface area contributed by atoms with E-state index < -0.39 is 6.10 Å². The normalized spacial score (nSPS) is 23.4. The van der Waals surface area contributed by atoms with Crippen LogP contribution in [0.1, 0.15) is 0 Å². The van der Waals surface area contributed by atoms with E-state index in [1.807, 2.05) is 0 Å². The van der Waals surface area contributed by atoms with Gasteiger partial charge in [-0.05, 0) is 12.8 Å². The van der Waals surface area contributed by atoms with E-state index in [2.05, 4.69) is 17.7 Å². The number of aliphatic hydroxyl groups is 2. The molecule has 1 heterocycles. The summed E-state index contributed by atoms with van der Waals surface area (Å²) in [6.07, 6.45) is 3.54. The van der Waals surface area contributed by atoms with Crippen molar-refractivity contribution in [2.75, 3.05) is 26.2 Å². The topological polar surface area (TPSA) is 43.7 Å². The second kappa shape index (κ2) is 3.91. The molecular weight excluding hydrogens is 130 g/mol. The Balaban J connectivity index is 2.11. The largest absolute Gasteiger partial charge is 0.394 e. The molecule has 0 aromatic rings. The van der Waals surface area contributed by atoms with Gasteiger partial charge < -0.3 is 15.1 Å². The molecule has 3 heteroatoms. The predicted molar refractivity (Wildman–Crippen MR) is 38.1 cm³/mol. The Morgan fingerprint density at radius 3 is 2.50 bits per heavy atom. The minimum Gasteiger partial charge on any atom is -0.394 e. The van der Waals surface area contributed by atoms with Gasteiger partial charge in [0.2, 0.25) is 0 Å². The molecule has 2 radical (unpaired) electrons. The maximum Gasteiger partial charge on any atom is 0.0897 e. The maximum atomic E-state index is 9.00. The third-order valence-electron chi connectivity index (χ3n) is 1.57. The average molecular weight is 143 g/mol. The summed E-state index contributed by atoms with van der Waals surface area (Å²) in [6, 6.07) is 0. The fraction of sp³-hybridized carbons (Fsp3) is 0.714. The number of likely N-dealkylation sites (tertiary alicyclic amines) is 1. The van der Waals surface area contributed by atoms with Gasteiger partial charge in [-0.15, -0.1) is 0 Å². The van der Waals surface area contributed by atoms with Gasteiger partial charge in [0.1, 0.15) is 0 Å². The summed E-state index contributed by atoms with van der Waals surface area (Å²) in [5.74, 6) is 0. The van der Waals surface area contributed by atoms with Crippen molar-refractivity contribution in [2.45, 2.75) is 6.10 Å². The maximum absolute atomic E-state index is 9.00. The minimum absolute atomic E-state index is 0.142. The number of nitrogens with zero attached hydrogens (tertiary/aromatic N) is 1. The molecule has 2 N–H and O–H groups in total. The van der Waals surface area contributed by atoms with Crippen LogP contribution in [0.25, 0.3) is 0 Å². The molecule has 0 aromatic heterocycles. The first-order valence-corrected chi connectivity index (χ1v) is 3.49. The molecule has 1 saturated heterocycles. The third kappa shape index (κ3) is 2.25. The van der Waals surface area contributed by atoms with Crippen LogP contribution in [0.4, 0.5) is 0 Å². The summed E-state index contributed by atoms with van der Waals surface area (Å²) in [4.78, 5) is 2.07. The Labute approximate surface area is 61.3 Å². The van der Waals surface area contributed by atoms with Gasteiger partial charge >= 0.3 is 0 Å². The fourth-order valence-electron chi connectivity index (χ4n) is 1.03. The van der Waals surface area contributed by atoms with Gasteiger partial charge in [0.15, 0.2) is 0 Å². The van der Waals surface area contributed by atoms with Gasteiger partial charge in [0, 0.05) is 19.6 Å². The molecule has 1 aliphatic heterocycles. The summed E-state index contributed by atoms with van der Waals surface area (Å²) < 4.78 is 0. The molecule has 0 amide bonds. The molecule has 1 fully saturated rings. The summed E-state index contributed by atoms with van der Waals surface area (Å²) in [5, 5.41) is 17.5. The van der Waals surface area contributed by atoms with Crippen LogP contribution in [0.3, 0.4) is 0 Å². The van der Waals surface area contributed by atoms with Gasteiger partial charge in [-0.1, -0.05) is 0 Å². The molecule has 1 unspecified atom stereocenters. The van der Waals surface area contributed by atoms with Gasteiger partial charge in [0.25, 0.3) is 0 Å². The molecule has 1 aliphatic rings. The zero-order valence-corrected chi connectivity index (χ0v) is 5.90. The lowest BCUT2D eigenvalue weighted by molar-refractivity contribution is 0.0675. The van der Waals surface area contributed by atoms with Gasteiger partial charge in [-0.3, -0.25) is 0 Å². The number of hydrogen-bond acceptors (Lipinski definition) is 3. The van der Waals surface area contributed by atoms with Crippen LogP contribution >= 0.6 is 0 Å². The first-order chi connectivity index (χ1) is 4.83. The second-order valence-corrected chi connectivity index (χ2v) is 2.53. The monoisotopic (exact) mass is 143 g/mol. The minimum atomic E-state index is -0.583. The molecule has 0 aliphatic carbocycles. The van der Waals surface area contributed by atoms with Crippen LogP contribution in [0.5, 0.6) is 0 Å². The van der Waals surface area contributed by atoms with E-state index in [0.29, 0.717) is 6.54 Å². The summed E-state index contributed by atoms with van der Waals surface area (Å²) in [5.41, 5.74) is 0. The number of hydrogen-bond donors (Lipinski definition) is 2. The van der Waals surface area contributed by atoms with Gasteiger partial charge in [-0.25, -0.2) is 0 Å². The van der Waals surface area contributed by atoms with E-state index in [1.165, 1.54) is 0 Å². The SMILES string of the molecule is OCC(O)CN1C[CH][CH]C1. The first-order valence-electron chi connectivity index (χ1n) is 3.49. The van der Waals surface area contributed by atoms with Crippen molar-refractivity contribution < 1.29 is 10.2 Å². The molecule has 3 nitrogen and oxygen atoms in total. The van der Waals surface area contributed by atoms with Crippen LogP contribution in [0.15, 0.2) is 0 Å². The van der Waals surface area contributed by atoms with Crippen LogP contribution in [0.2, 0.25) is 0 Å². The van der Waals surface area contributed by atoms with Crippen molar-refractivity contribution >= 4 is 0 Å². The molecule has 1 atom stereocenters. The van der Waals surface area contributed by atoms with E-state index in [9.17, 15) is 0 Å². The Hall–Kier alpha value is -0.120. The highest BCUT2D eigenvalue weighted by atomic mass is 16.3. The standard InChI is InChI=1S/C7H13NO2/c9-6-7(10)5-8-3-1-2-4-8/h1-2,7,9-10H,3-6H2. The van der Waals surface area contributed by atoms with Crippen LogP contribution in [-0.2, 0) is 0 Å². The lowest BCUT2D eigenvalue weighted by Gasteiger charge is -2.16. The predicted octanol–water partition coefficient (Wildman–Crippen LogP) is -0.936. The molecule has 0 bridgehead atoms. The number of β-amino-alcohol motifs (C(OH)–C–C–N with tert-alkyl or cyclic N) is 1. The first kappa shape index (κ1) is 7.98. The van der Waals surface area contributed by atoms with E-state index >= 15 is 0 Å². The fourth-order valence-corrected chi connectivity index (χ4v) is 1.03. The molecule has 0 spiro atoms. The third-order valence-corrected chi connectivity index (χ3v) is 1.57. The highest BCUT2D eigenvalue weighted by Crippen LogP contribution is 2.04. The lowest BCUT2D eigenvalue weighted by Crippen LogP contribution is -2.32. The molecule has 0 aromatic carbocycles. The highest BCUT2D eigenvalue weighted by Gasteiger charge is 2.14. The summed E-state index contributed by atoms with van der Waals surface area (Å²) in [7, 11) is 0. The highest BCUT2D eigenvalue weighted by molar-refractivity contribution is 4.96. The van der Waals surface area contributed by atoms with Crippen molar-refractivity contribution in [1.82, 2.24) is 4.90 Å². The van der Waals surface area contributed by atoms with Crippen LogP contribution in [-0.4, -0.2) is 47.5 Å². The lowest BCUT2D eigenvalue weighted by atomic mass is 10.3. The van der Waals surface area contributed by atoms with E-state index in [0.717, 1.165) is 13.1 Å². The van der Waals surface area contributed by atoms with Crippen molar-refractivity contribution in [3.8, 4) is 0 Å². The summed E-state index contributed by atoms with van der Waals surface area (Å²) in [6.45, 7) is 2.23. The molecule has 1 rings (SSSR count). The number of aliphatic hydroxyl groups excluding tert-OH is 2. The van der Waals surface area contributed by atoms with Crippen molar-refractivity contribution in [3.05, 3.63) is 12.8 Å². The van der Waals surface area contributed by atoms with Gasteiger partial charge in [-0.2, -0.15) is 0 Å². The quantitative estimate of drug-likeness (QED) is 0.536. The zero-order valence-electron chi connectivity index (χ0n) is 5.90. The molecule has 0 saturated carbocycles. The zero-order chi connectivity index (χ0) is 7.40.